The van der Waals surface area contributed by atoms with Crippen LogP contribution in [0.5, 0.6) is 0 Å². The van der Waals surface area contributed by atoms with Gasteiger partial charge in [-0.05, 0) is 117 Å². The van der Waals surface area contributed by atoms with Crippen LogP contribution in [0.25, 0.3) is 0 Å². The van der Waals surface area contributed by atoms with Gasteiger partial charge in [0, 0.05) is 6.42 Å². The van der Waals surface area contributed by atoms with Gasteiger partial charge in [-0.2, -0.15) is 0 Å². The van der Waals surface area contributed by atoms with Crippen LogP contribution in [0, 0.1) is 46.3 Å². The molecule has 3 heteroatoms. The molecule has 0 heterocycles. The minimum atomic E-state index is -0.0467. The quantitative estimate of drug-likeness (QED) is 0.573. The summed E-state index contributed by atoms with van der Waals surface area (Å²) in [6, 6.07) is 0. The molecule has 0 aliphatic heterocycles. The highest BCUT2D eigenvalue weighted by Gasteiger charge is 2.60. The van der Waals surface area contributed by atoms with Crippen molar-refractivity contribution in [3.63, 3.8) is 0 Å². The molecule has 0 aromatic carbocycles. The third-order valence-electron chi connectivity index (χ3n) is 10.5. The maximum atomic E-state index is 11.9. The minimum Gasteiger partial charge on any atom is -0.466 e. The number of hydrogen-bond acceptors (Lipinski definition) is 3. The highest BCUT2D eigenvalue weighted by Crippen LogP contribution is 2.68. The molecule has 4 aliphatic carbocycles. The van der Waals surface area contributed by atoms with Gasteiger partial charge >= 0.3 is 5.97 Å². The van der Waals surface area contributed by atoms with Gasteiger partial charge < -0.3 is 9.84 Å². The molecule has 3 nitrogen and oxygen atoms in total. The van der Waals surface area contributed by atoms with E-state index in [0.717, 1.165) is 48.9 Å². The van der Waals surface area contributed by atoms with Gasteiger partial charge in [0.05, 0.1) is 12.7 Å². The van der Waals surface area contributed by atoms with Crippen molar-refractivity contribution < 1.29 is 14.6 Å². The number of carbonyl (C=O) groups excluding carboxylic acids is 1. The first-order chi connectivity index (χ1) is 13.8. The molecule has 4 rings (SSSR count). The fourth-order valence-corrected chi connectivity index (χ4v) is 8.99. The molecular weight excluding hydrogens is 360 g/mol. The van der Waals surface area contributed by atoms with Crippen LogP contribution in [-0.4, -0.2) is 23.8 Å². The second kappa shape index (κ2) is 8.17. The van der Waals surface area contributed by atoms with Gasteiger partial charge in [-0.25, -0.2) is 0 Å². The van der Waals surface area contributed by atoms with Gasteiger partial charge in [-0.15, -0.1) is 0 Å². The van der Waals surface area contributed by atoms with Gasteiger partial charge in [0.2, 0.25) is 0 Å². The molecule has 166 valence electrons. The molecular formula is C26H44O3. The van der Waals surface area contributed by atoms with Gasteiger partial charge in [0.25, 0.3) is 0 Å². The first kappa shape index (κ1) is 21.7. The molecule has 0 saturated heterocycles. The Balaban J connectivity index is 1.45. The molecule has 4 fully saturated rings. The minimum absolute atomic E-state index is 0.0199. The summed E-state index contributed by atoms with van der Waals surface area (Å²) in [6.07, 6.45) is 13.1. The number of esters is 1. The van der Waals surface area contributed by atoms with Crippen LogP contribution in [0.3, 0.4) is 0 Å². The van der Waals surface area contributed by atoms with Crippen molar-refractivity contribution in [2.24, 2.45) is 46.3 Å². The van der Waals surface area contributed by atoms with E-state index in [2.05, 4.69) is 20.8 Å². The maximum absolute atomic E-state index is 11.9. The van der Waals surface area contributed by atoms with E-state index in [1.54, 1.807) is 0 Å². The van der Waals surface area contributed by atoms with E-state index in [1.807, 2.05) is 6.92 Å². The van der Waals surface area contributed by atoms with Crippen LogP contribution in [0.2, 0.25) is 0 Å². The molecule has 1 N–H and O–H groups in total. The largest absolute Gasteiger partial charge is 0.466 e. The van der Waals surface area contributed by atoms with Crippen LogP contribution >= 0.6 is 0 Å². The summed E-state index contributed by atoms with van der Waals surface area (Å²) in [6.45, 7) is 9.97. The van der Waals surface area contributed by atoms with Crippen molar-refractivity contribution in [1.29, 1.82) is 0 Å². The topological polar surface area (TPSA) is 46.5 Å². The number of aliphatic hydroxyl groups excluding tert-OH is 1. The van der Waals surface area contributed by atoms with Gasteiger partial charge in [-0.1, -0.05) is 20.8 Å². The van der Waals surface area contributed by atoms with Gasteiger partial charge in [0.1, 0.15) is 0 Å². The fraction of sp³-hybridized carbons (Fsp3) is 0.962. The SMILES string of the molecule is CCOC(=O)CC[C@@H](C)[C@H]1CC[C@H]2[C@@H]3CC[C@@H]4C[C@H](O)CC[C@]4(C)[C@@H]3CC[C@]12C. The molecule has 4 aliphatic rings. The molecule has 0 radical (unpaired) electrons. The lowest BCUT2D eigenvalue weighted by molar-refractivity contribution is -0.144. The van der Waals surface area contributed by atoms with Crippen molar-refractivity contribution in [3.05, 3.63) is 0 Å². The Morgan fingerprint density at radius 2 is 1.76 bits per heavy atom. The van der Waals surface area contributed by atoms with Crippen LogP contribution in [0.1, 0.15) is 98.3 Å². The highest BCUT2D eigenvalue weighted by molar-refractivity contribution is 5.69. The van der Waals surface area contributed by atoms with Crippen LogP contribution in [0.4, 0.5) is 0 Å². The van der Waals surface area contributed by atoms with E-state index < -0.39 is 0 Å². The number of aliphatic hydroxyl groups is 1. The van der Waals surface area contributed by atoms with E-state index in [9.17, 15) is 9.90 Å². The van der Waals surface area contributed by atoms with E-state index in [-0.39, 0.29) is 12.1 Å². The number of hydrogen-bond donors (Lipinski definition) is 1. The zero-order chi connectivity index (χ0) is 20.8. The number of rotatable bonds is 5. The third kappa shape index (κ3) is 3.68. The third-order valence-corrected chi connectivity index (χ3v) is 10.5. The van der Waals surface area contributed by atoms with Crippen molar-refractivity contribution in [1.82, 2.24) is 0 Å². The molecule has 0 aromatic heterocycles. The predicted octanol–water partition coefficient (Wildman–Crippen LogP) is 5.99. The Bertz CT molecular complexity index is 603. The van der Waals surface area contributed by atoms with Crippen molar-refractivity contribution >= 4 is 5.97 Å². The molecule has 4 saturated carbocycles. The van der Waals surface area contributed by atoms with Crippen molar-refractivity contribution in [3.8, 4) is 0 Å². The van der Waals surface area contributed by atoms with Crippen LogP contribution in [-0.2, 0) is 9.53 Å². The number of ether oxygens (including phenoxy) is 1. The maximum Gasteiger partial charge on any atom is 0.305 e. The van der Waals surface area contributed by atoms with E-state index in [1.165, 1.54) is 44.9 Å². The first-order valence-electron chi connectivity index (χ1n) is 12.6. The van der Waals surface area contributed by atoms with E-state index >= 15 is 0 Å². The van der Waals surface area contributed by atoms with E-state index in [4.69, 9.17) is 4.74 Å². The Labute approximate surface area is 178 Å². The highest BCUT2D eigenvalue weighted by atomic mass is 16.5. The summed E-state index contributed by atoms with van der Waals surface area (Å²) in [7, 11) is 0. The second-order valence-corrected chi connectivity index (χ2v) is 11.6. The summed E-state index contributed by atoms with van der Waals surface area (Å²) in [5.74, 6) is 4.75. The van der Waals surface area contributed by atoms with E-state index in [0.29, 0.717) is 29.8 Å². The molecule has 9 atom stereocenters. The van der Waals surface area contributed by atoms with Crippen LogP contribution in [0.15, 0.2) is 0 Å². The lowest BCUT2D eigenvalue weighted by atomic mass is 9.44. The molecule has 0 unspecified atom stereocenters. The Morgan fingerprint density at radius 1 is 1.03 bits per heavy atom. The summed E-state index contributed by atoms with van der Waals surface area (Å²) in [5.41, 5.74) is 0.934. The first-order valence-corrected chi connectivity index (χ1v) is 12.6. The normalized spacial score (nSPS) is 47.6. The lowest BCUT2D eigenvalue weighted by Gasteiger charge is -2.61. The second-order valence-electron chi connectivity index (χ2n) is 11.6. The number of carbonyl (C=O) groups is 1. The summed E-state index contributed by atoms with van der Waals surface area (Å²) >= 11 is 0. The molecule has 0 spiro atoms. The summed E-state index contributed by atoms with van der Waals surface area (Å²) in [4.78, 5) is 11.9. The standard InChI is InChI=1S/C26H44O3/c1-5-29-24(28)11-6-17(2)21-9-10-22-20-8-7-18-16-19(27)12-14-25(18,3)23(20)13-15-26(21,22)4/h17-23,27H,5-16H2,1-4H3/t17-,18-,19-,20+,21-,22+,23-,25+,26-/m1/s1. The Morgan fingerprint density at radius 3 is 2.52 bits per heavy atom. The molecule has 29 heavy (non-hydrogen) atoms. The summed E-state index contributed by atoms with van der Waals surface area (Å²) < 4.78 is 5.17. The van der Waals surface area contributed by atoms with Gasteiger partial charge in [-0.3, -0.25) is 4.79 Å². The predicted molar refractivity (Wildman–Crippen MR) is 116 cm³/mol. The summed E-state index contributed by atoms with van der Waals surface area (Å²) in [5, 5.41) is 10.2. The van der Waals surface area contributed by atoms with Crippen molar-refractivity contribution in [2.45, 2.75) is 104 Å². The Hall–Kier alpha value is -0.570. The van der Waals surface area contributed by atoms with Crippen molar-refractivity contribution in [2.75, 3.05) is 6.61 Å². The Kier molecular flexibility index (Phi) is 6.10. The average molecular weight is 405 g/mol. The average Bonchev–Trinajstić information content (AvgIpc) is 3.04. The smallest absolute Gasteiger partial charge is 0.305 e. The number of fused-ring (bicyclic) bond motifs is 5. The monoisotopic (exact) mass is 404 g/mol. The molecule has 0 amide bonds. The fourth-order valence-electron chi connectivity index (χ4n) is 8.99. The molecule has 0 aromatic rings. The van der Waals surface area contributed by atoms with Gasteiger partial charge in [0.15, 0.2) is 0 Å². The zero-order valence-electron chi connectivity index (χ0n) is 19.3. The zero-order valence-corrected chi connectivity index (χ0v) is 19.3. The van der Waals surface area contributed by atoms with Crippen LogP contribution < -0.4 is 0 Å². The lowest BCUT2D eigenvalue weighted by Crippen LogP contribution is -2.54. The molecule has 0 bridgehead atoms.